The van der Waals surface area contributed by atoms with Gasteiger partial charge in [0.15, 0.2) is 11.5 Å². The topological polar surface area (TPSA) is 227 Å². The normalized spacial score (nSPS) is 20.3. The number of amides is 4. The fourth-order valence-corrected chi connectivity index (χ4v) is 14.5. The number of aliphatic carboxylic acids is 1. The number of aromatic nitrogens is 5. The van der Waals surface area contributed by atoms with Gasteiger partial charge in [0.25, 0.3) is 5.91 Å². The van der Waals surface area contributed by atoms with Crippen LogP contribution in [0.2, 0.25) is 10.0 Å². The Kier molecular flexibility index (Phi) is 17.9. The molecule has 0 radical (unpaired) electrons. The number of halogens is 3. The summed E-state index contributed by atoms with van der Waals surface area (Å²) in [4.78, 5) is 83.9. The zero-order valence-corrected chi connectivity index (χ0v) is 50.1. The Balaban J connectivity index is 0.675. The molecule has 4 atom stereocenters. The van der Waals surface area contributed by atoms with Crippen LogP contribution in [0.5, 0.6) is 0 Å². The third-order valence-corrected chi connectivity index (χ3v) is 19.4. The van der Waals surface area contributed by atoms with E-state index in [4.69, 9.17) is 28.2 Å². The molecular formula is C61H72Cl2FN11O8S. The van der Waals surface area contributed by atoms with E-state index in [0.29, 0.717) is 72.9 Å². The standard InChI is InChI=1S/C61H72Cl2FN11O8S/c1-60(2,3)51(75-55(40-16-19-44(62)20-17-40)46(41-10-9-11-45(63)30-41)32-61(4,59(75)81)33-54(78)79)38-84(82,83)73-28-26-71(27-29-73)53(77)13-8-6-5-7-12-52(76)70-22-24-72(25-23-70)58(80)42-18-21-48(47(64)31-42)68-56-57-65-36-50(43-34-66-67-35-43)74(57)37-49(69-56)39-14-15-39/h9-11,16-21,30-31,34-37,39,46,51,55H,5-8,12-15,22-29,32-33,38H2,1-4H3,(H,66,67)(H,68,69)(H,78,79)/t46-,51-,55-,61-/m1/s1. The van der Waals surface area contributed by atoms with Gasteiger partial charge in [-0.3, -0.25) is 33.5 Å². The summed E-state index contributed by atoms with van der Waals surface area (Å²) < 4.78 is 48.3. The van der Waals surface area contributed by atoms with Crippen molar-refractivity contribution in [2.45, 2.75) is 116 Å². The van der Waals surface area contributed by atoms with Crippen molar-refractivity contribution < 1.29 is 41.9 Å². The van der Waals surface area contributed by atoms with Crippen LogP contribution < -0.4 is 5.32 Å². The summed E-state index contributed by atoms with van der Waals surface area (Å²) >= 11 is 12.9. The Morgan fingerprint density at radius 1 is 0.833 bits per heavy atom. The number of carbonyl (C=O) groups is 5. The van der Waals surface area contributed by atoms with Crippen molar-refractivity contribution in [1.29, 1.82) is 0 Å². The number of nitrogens with one attached hydrogen (secondary N) is 2. The minimum absolute atomic E-state index is 0.00794. The lowest BCUT2D eigenvalue weighted by Crippen LogP contribution is -2.61. The number of benzene rings is 3. The highest BCUT2D eigenvalue weighted by Crippen LogP contribution is 2.54. The van der Waals surface area contributed by atoms with Crippen LogP contribution in [0.25, 0.3) is 16.9 Å². The quantitative estimate of drug-likeness (QED) is 0.0607. The smallest absolute Gasteiger partial charge is 0.304 e. The van der Waals surface area contributed by atoms with Gasteiger partial charge in [0.2, 0.25) is 27.7 Å². The molecule has 446 valence electrons. The van der Waals surface area contributed by atoms with Gasteiger partial charge in [0.1, 0.15) is 5.82 Å². The fraction of sp³-hybridized carbons (Fsp3) is 0.475. The summed E-state index contributed by atoms with van der Waals surface area (Å²) in [6.45, 7) is 9.21. The largest absolute Gasteiger partial charge is 0.481 e. The molecular weight excluding hydrogens is 1140 g/mol. The number of H-pyrrole nitrogens is 1. The molecule has 3 saturated heterocycles. The molecule has 1 aliphatic carbocycles. The zero-order valence-electron chi connectivity index (χ0n) is 47.8. The number of anilines is 2. The molecule has 84 heavy (non-hydrogen) atoms. The van der Waals surface area contributed by atoms with Crippen molar-refractivity contribution >= 4 is 80.0 Å². The summed E-state index contributed by atoms with van der Waals surface area (Å²) in [7, 11) is -4.06. The molecule has 10 rings (SSSR count). The Morgan fingerprint density at radius 2 is 1.49 bits per heavy atom. The monoisotopic (exact) mass is 1210 g/mol. The van der Waals surface area contributed by atoms with Gasteiger partial charge in [-0.15, -0.1) is 0 Å². The van der Waals surface area contributed by atoms with Crippen LogP contribution in [0.1, 0.15) is 137 Å². The molecule has 3 aliphatic heterocycles. The molecule has 23 heteroatoms. The van der Waals surface area contributed by atoms with E-state index in [2.05, 4.69) is 20.5 Å². The highest BCUT2D eigenvalue weighted by Gasteiger charge is 2.55. The Bertz CT molecular complexity index is 3520. The molecule has 6 heterocycles. The number of sulfonamides is 1. The van der Waals surface area contributed by atoms with E-state index < -0.39 is 68.7 Å². The van der Waals surface area contributed by atoms with Crippen molar-refractivity contribution in [3.8, 4) is 11.3 Å². The first-order chi connectivity index (χ1) is 40.1. The maximum atomic E-state index is 15.7. The second kappa shape index (κ2) is 24.9. The second-order valence-corrected chi connectivity index (χ2v) is 27.1. The average Bonchev–Trinajstić information content (AvgIpc) is 2.98. The van der Waals surface area contributed by atoms with E-state index in [1.807, 2.05) is 61.7 Å². The summed E-state index contributed by atoms with van der Waals surface area (Å²) in [5.41, 5.74) is 2.77. The first-order valence-electron chi connectivity index (χ1n) is 28.9. The number of hydrogen-bond acceptors (Lipinski definition) is 11. The van der Waals surface area contributed by atoms with E-state index >= 15 is 9.18 Å². The molecule has 6 aromatic rings. The lowest BCUT2D eigenvalue weighted by atomic mass is 9.66. The van der Waals surface area contributed by atoms with Crippen LogP contribution in [-0.2, 0) is 29.2 Å². The van der Waals surface area contributed by atoms with Crippen LogP contribution in [-0.4, -0.2) is 156 Å². The van der Waals surface area contributed by atoms with Gasteiger partial charge in [-0.1, -0.05) is 88.0 Å². The predicted molar refractivity (Wildman–Crippen MR) is 318 cm³/mol. The predicted octanol–water partition coefficient (Wildman–Crippen LogP) is 9.94. The summed E-state index contributed by atoms with van der Waals surface area (Å²) in [6.07, 6.45) is 12.3. The van der Waals surface area contributed by atoms with Gasteiger partial charge in [-0.25, -0.2) is 22.8 Å². The third kappa shape index (κ3) is 13.4. The van der Waals surface area contributed by atoms with E-state index in [1.54, 1.807) is 69.4 Å². The van der Waals surface area contributed by atoms with Crippen molar-refractivity contribution in [1.82, 2.24) is 48.5 Å². The highest BCUT2D eigenvalue weighted by atomic mass is 35.5. The van der Waals surface area contributed by atoms with Crippen LogP contribution >= 0.6 is 23.2 Å². The number of fused-ring (bicyclic) bond motifs is 1. The number of piperazine rings is 2. The maximum absolute atomic E-state index is 15.7. The third-order valence-electron chi connectivity index (χ3n) is 17.0. The molecule has 4 fully saturated rings. The van der Waals surface area contributed by atoms with Gasteiger partial charge in [-0.2, -0.15) is 9.40 Å². The number of nitrogens with zero attached hydrogens (tertiary/aromatic N) is 9. The molecule has 3 N–H and O–H groups in total. The van der Waals surface area contributed by atoms with Crippen LogP contribution in [0.15, 0.2) is 91.5 Å². The van der Waals surface area contributed by atoms with Gasteiger partial charge >= 0.3 is 5.97 Å². The summed E-state index contributed by atoms with van der Waals surface area (Å²) in [5, 5.41) is 21.1. The van der Waals surface area contributed by atoms with Crippen LogP contribution in [0.3, 0.4) is 0 Å². The minimum atomic E-state index is -4.06. The molecule has 19 nitrogen and oxygen atoms in total. The lowest BCUT2D eigenvalue weighted by molar-refractivity contribution is -0.162. The summed E-state index contributed by atoms with van der Waals surface area (Å²) in [6, 6.07) is 17.1. The number of hydrogen-bond donors (Lipinski definition) is 3. The molecule has 4 amide bonds. The number of imidazole rings is 1. The van der Waals surface area contributed by atoms with Crippen LogP contribution in [0, 0.1) is 16.6 Å². The fourth-order valence-electron chi connectivity index (χ4n) is 12.2. The molecule has 3 aromatic carbocycles. The molecule has 4 aliphatic rings. The molecule has 1 saturated carbocycles. The van der Waals surface area contributed by atoms with Crippen LogP contribution in [0.4, 0.5) is 15.9 Å². The van der Waals surface area contributed by atoms with E-state index in [0.717, 1.165) is 53.8 Å². The molecule has 3 aromatic heterocycles. The van der Waals surface area contributed by atoms with Crippen molar-refractivity contribution in [3.63, 3.8) is 0 Å². The van der Waals surface area contributed by atoms with Gasteiger partial charge in [0, 0.05) is 111 Å². The highest BCUT2D eigenvalue weighted by molar-refractivity contribution is 7.89. The number of likely N-dealkylation sites (tertiary alicyclic amines) is 1. The van der Waals surface area contributed by atoms with Crippen molar-refractivity contribution in [3.05, 3.63) is 130 Å². The van der Waals surface area contributed by atoms with Gasteiger partial charge in [-0.05, 0) is 91.1 Å². The number of carboxylic acid groups (broad SMARTS) is 1. The first-order valence-corrected chi connectivity index (χ1v) is 31.3. The number of carbonyl (C=O) groups excluding carboxylic acids is 4. The SMILES string of the molecule is CC(C)(C)[C@@H](CS(=O)(=O)N1CCN(C(=O)CCCCCCC(=O)N2CCN(C(=O)c3ccc(Nc4nc(C5CC5)cn5c(-c6cn[nH]c6)cnc45)c(F)c3)CC2)CC1)N1C(=O)[C@@](C)(CC(=O)O)C[C@H](c2cccc(Cl)c2)[C@H]1c1ccc(Cl)cc1. The Hall–Kier alpha value is -6.94. The number of carboxylic acids is 1. The number of rotatable bonds is 20. The van der Waals surface area contributed by atoms with Crippen molar-refractivity contribution in [2.24, 2.45) is 10.8 Å². The maximum Gasteiger partial charge on any atom is 0.304 e. The van der Waals surface area contributed by atoms with Crippen molar-refractivity contribution in [2.75, 3.05) is 63.4 Å². The Labute approximate surface area is 498 Å². The van der Waals surface area contributed by atoms with Gasteiger partial charge < -0.3 is 30.0 Å². The number of piperidine rings is 1. The Morgan fingerprint density at radius 3 is 2.08 bits per heavy atom. The average molecular weight is 1210 g/mol. The molecule has 0 bridgehead atoms. The minimum Gasteiger partial charge on any atom is -0.481 e. The van der Waals surface area contributed by atoms with E-state index in [9.17, 15) is 32.7 Å². The number of unbranched alkanes of at least 4 members (excludes halogenated alkanes) is 3. The van der Waals surface area contributed by atoms with E-state index in [1.165, 1.54) is 16.4 Å². The lowest BCUT2D eigenvalue weighted by Gasteiger charge is -2.54. The molecule has 0 unspecified atom stereocenters. The second-order valence-electron chi connectivity index (χ2n) is 24.2. The van der Waals surface area contributed by atoms with Gasteiger partial charge in [0.05, 0.1) is 59.1 Å². The molecule has 0 spiro atoms. The van der Waals surface area contributed by atoms with E-state index in [-0.39, 0.29) is 68.0 Å². The first kappa shape index (κ1) is 60.2. The summed E-state index contributed by atoms with van der Waals surface area (Å²) in [5.74, 6) is -2.76. The number of aromatic amines is 1. The zero-order chi connectivity index (χ0) is 59.7.